The SMILES string of the molecule is CC(C)NC(=O)[C@@H](C)N(Cc1ccccc1Cl)C(=O)COc1ccc2ccccc2c1Br. The Morgan fingerprint density at radius 3 is 2.44 bits per heavy atom. The molecule has 0 aliphatic carbocycles. The van der Waals surface area contributed by atoms with E-state index in [0.717, 1.165) is 20.8 Å². The van der Waals surface area contributed by atoms with Crippen molar-refractivity contribution < 1.29 is 14.3 Å². The van der Waals surface area contributed by atoms with Crippen LogP contribution in [0.1, 0.15) is 26.3 Å². The van der Waals surface area contributed by atoms with E-state index < -0.39 is 6.04 Å². The third-order valence-electron chi connectivity index (χ3n) is 5.08. The van der Waals surface area contributed by atoms with Crippen LogP contribution in [0.3, 0.4) is 0 Å². The van der Waals surface area contributed by atoms with E-state index in [4.69, 9.17) is 16.3 Å². The first-order chi connectivity index (χ1) is 15.3. The molecule has 7 heteroatoms. The molecule has 0 fully saturated rings. The number of nitrogens with zero attached hydrogens (tertiary/aromatic N) is 1. The number of ether oxygens (including phenoxy) is 1. The maximum absolute atomic E-state index is 13.2. The molecular formula is C25H26BrClN2O3. The first kappa shape index (κ1) is 24.1. The largest absolute Gasteiger partial charge is 0.483 e. The molecule has 3 aromatic carbocycles. The maximum atomic E-state index is 13.2. The average molecular weight is 518 g/mol. The van der Waals surface area contributed by atoms with Gasteiger partial charge in [0.2, 0.25) is 5.91 Å². The molecule has 3 rings (SSSR count). The Balaban J connectivity index is 1.80. The Hall–Kier alpha value is -2.57. The van der Waals surface area contributed by atoms with Crippen molar-refractivity contribution in [3.63, 3.8) is 0 Å². The summed E-state index contributed by atoms with van der Waals surface area (Å²) < 4.78 is 6.65. The molecule has 32 heavy (non-hydrogen) atoms. The van der Waals surface area contributed by atoms with Gasteiger partial charge in [-0.05, 0) is 65.2 Å². The van der Waals surface area contributed by atoms with Crippen LogP contribution < -0.4 is 10.1 Å². The van der Waals surface area contributed by atoms with Gasteiger partial charge in [0.25, 0.3) is 5.91 Å². The Labute approximate surface area is 201 Å². The molecule has 168 valence electrons. The molecule has 0 heterocycles. The lowest BCUT2D eigenvalue weighted by Gasteiger charge is -2.29. The summed E-state index contributed by atoms with van der Waals surface area (Å²) in [7, 11) is 0. The fraction of sp³-hybridized carbons (Fsp3) is 0.280. The summed E-state index contributed by atoms with van der Waals surface area (Å²) in [5.41, 5.74) is 0.763. The van der Waals surface area contributed by atoms with E-state index in [1.54, 1.807) is 13.0 Å². The van der Waals surface area contributed by atoms with Crippen LogP contribution in [0.25, 0.3) is 10.8 Å². The summed E-state index contributed by atoms with van der Waals surface area (Å²) in [6, 6.07) is 18.2. The molecule has 1 N–H and O–H groups in total. The summed E-state index contributed by atoms with van der Waals surface area (Å²) in [6.45, 7) is 5.46. The zero-order valence-corrected chi connectivity index (χ0v) is 20.6. The van der Waals surface area contributed by atoms with Crippen molar-refractivity contribution in [1.29, 1.82) is 0 Å². The van der Waals surface area contributed by atoms with Gasteiger partial charge in [-0.2, -0.15) is 0 Å². The molecule has 0 unspecified atom stereocenters. The van der Waals surface area contributed by atoms with Crippen LogP contribution in [-0.2, 0) is 16.1 Å². The van der Waals surface area contributed by atoms with Gasteiger partial charge in [0.1, 0.15) is 11.8 Å². The lowest BCUT2D eigenvalue weighted by atomic mass is 10.1. The molecule has 0 saturated heterocycles. The molecule has 0 bridgehead atoms. The third-order valence-corrected chi connectivity index (χ3v) is 6.26. The van der Waals surface area contributed by atoms with E-state index in [0.29, 0.717) is 10.8 Å². The van der Waals surface area contributed by atoms with Crippen molar-refractivity contribution in [3.05, 3.63) is 75.7 Å². The zero-order valence-electron chi connectivity index (χ0n) is 18.3. The van der Waals surface area contributed by atoms with Gasteiger partial charge in [-0.3, -0.25) is 9.59 Å². The van der Waals surface area contributed by atoms with Crippen LogP contribution in [0.4, 0.5) is 0 Å². The first-order valence-corrected chi connectivity index (χ1v) is 11.6. The molecule has 0 aliphatic heterocycles. The van der Waals surface area contributed by atoms with E-state index in [1.807, 2.05) is 68.4 Å². The van der Waals surface area contributed by atoms with Crippen molar-refractivity contribution in [2.75, 3.05) is 6.61 Å². The quantitative estimate of drug-likeness (QED) is 0.425. The van der Waals surface area contributed by atoms with E-state index >= 15 is 0 Å². The van der Waals surface area contributed by atoms with E-state index in [1.165, 1.54) is 4.90 Å². The molecule has 5 nitrogen and oxygen atoms in total. The fourth-order valence-electron chi connectivity index (χ4n) is 3.35. The Morgan fingerprint density at radius 1 is 1.03 bits per heavy atom. The summed E-state index contributed by atoms with van der Waals surface area (Å²) in [4.78, 5) is 27.4. The van der Waals surface area contributed by atoms with Gasteiger partial charge in [-0.1, -0.05) is 60.1 Å². The number of carbonyl (C=O) groups excluding carboxylic acids is 2. The van der Waals surface area contributed by atoms with Crippen LogP contribution in [0, 0.1) is 0 Å². The standard InChI is InChI=1S/C25H26BrClN2O3/c1-16(2)28-25(31)17(3)29(14-19-9-5-7-11-21(19)27)23(30)15-32-22-13-12-18-8-4-6-10-20(18)24(22)26/h4-13,16-17H,14-15H2,1-3H3,(H,28,31)/t17-/m1/s1. The number of benzene rings is 3. The van der Waals surface area contributed by atoms with Gasteiger partial charge < -0.3 is 15.0 Å². The second kappa shape index (κ2) is 10.8. The number of carbonyl (C=O) groups is 2. The summed E-state index contributed by atoms with van der Waals surface area (Å²) in [5, 5.41) is 5.47. The van der Waals surface area contributed by atoms with Crippen molar-refractivity contribution in [3.8, 4) is 5.75 Å². The van der Waals surface area contributed by atoms with Crippen LogP contribution in [0.15, 0.2) is 65.1 Å². The summed E-state index contributed by atoms with van der Waals surface area (Å²) >= 11 is 9.89. The number of hydrogen-bond donors (Lipinski definition) is 1. The van der Waals surface area contributed by atoms with Gasteiger partial charge in [0.05, 0.1) is 4.47 Å². The average Bonchev–Trinajstić information content (AvgIpc) is 2.77. The fourth-order valence-corrected chi connectivity index (χ4v) is 4.15. The monoisotopic (exact) mass is 516 g/mol. The highest BCUT2D eigenvalue weighted by atomic mass is 79.9. The predicted octanol–water partition coefficient (Wildman–Crippen LogP) is 5.58. The minimum Gasteiger partial charge on any atom is -0.483 e. The Morgan fingerprint density at radius 2 is 1.72 bits per heavy atom. The molecule has 2 amide bonds. The van der Waals surface area contributed by atoms with Crippen molar-refractivity contribution in [2.45, 2.75) is 39.4 Å². The minimum absolute atomic E-state index is 0.0352. The summed E-state index contributed by atoms with van der Waals surface area (Å²) in [6.07, 6.45) is 0. The smallest absolute Gasteiger partial charge is 0.261 e. The molecule has 3 aromatic rings. The number of amides is 2. The zero-order chi connectivity index (χ0) is 23.3. The van der Waals surface area contributed by atoms with Crippen molar-refractivity contribution in [1.82, 2.24) is 10.2 Å². The lowest BCUT2D eigenvalue weighted by molar-refractivity contribution is -0.142. The van der Waals surface area contributed by atoms with Gasteiger partial charge in [0.15, 0.2) is 6.61 Å². The lowest BCUT2D eigenvalue weighted by Crippen LogP contribution is -2.50. The van der Waals surface area contributed by atoms with E-state index in [-0.39, 0.29) is 31.0 Å². The number of hydrogen-bond acceptors (Lipinski definition) is 3. The first-order valence-electron chi connectivity index (χ1n) is 10.4. The third kappa shape index (κ3) is 5.81. The highest BCUT2D eigenvalue weighted by Gasteiger charge is 2.27. The number of rotatable bonds is 8. The second-order valence-corrected chi connectivity index (χ2v) is 9.04. The predicted molar refractivity (Wildman–Crippen MR) is 132 cm³/mol. The molecule has 0 aliphatic rings. The summed E-state index contributed by atoms with van der Waals surface area (Å²) in [5.74, 6) is 0.0257. The van der Waals surface area contributed by atoms with Crippen LogP contribution in [-0.4, -0.2) is 35.4 Å². The molecule has 0 spiro atoms. The number of fused-ring (bicyclic) bond motifs is 1. The van der Waals surface area contributed by atoms with Crippen molar-refractivity contribution in [2.24, 2.45) is 0 Å². The van der Waals surface area contributed by atoms with Crippen molar-refractivity contribution >= 4 is 50.1 Å². The number of halogens is 2. The highest BCUT2D eigenvalue weighted by molar-refractivity contribution is 9.10. The maximum Gasteiger partial charge on any atom is 0.261 e. The van der Waals surface area contributed by atoms with Crippen LogP contribution >= 0.6 is 27.5 Å². The molecular weight excluding hydrogens is 492 g/mol. The molecule has 0 saturated carbocycles. The van der Waals surface area contributed by atoms with E-state index in [2.05, 4.69) is 21.2 Å². The minimum atomic E-state index is -0.690. The topological polar surface area (TPSA) is 58.6 Å². The number of nitrogens with one attached hydrogen (secondary N) is 1. The molecule has 0 aromatic heterocycles. The van der Waals surface area contributed by atoms with E-state index in [9.17, 15) is 9.59 Å². The Kier molecular flexibility index (Phi) is 8.15. The molecule has 1 atom stereocenters. The Bertz CT molecular complexity index is 1120. The van der Waals surface area contributed by atoms with Gasteiger partial charge >= 0.3 is 0 Å². The van der Waals surface area contributed by atoms with Crippen LogP contribution in [0.2, 0.25) is 5.02 Å². The second-order valence-electron chi connectivity index (χ2n) is 7.84. The normalized spacial score (nSPS) is 11.9. The van der Waals surface area contributed by atoms with Gasteiger partial charge in [-0.15, -0.1) is 0 Å². The molecule has 0 radical (unpaired) electrons. The highest BCUT2D eigenvalue weighted by Crippen LogP contribution is 2.33. The van der Waals surface area contributed by atoms with Gasteiger partial charge in [0, 0.05) is 17.6 Å². The van der Waals surface area contributed by atoms with Crippen LogP contribution in [0.5, 0.6) is 5.75 Å². The van der Waals surface area contributed by atoms with Gasteiger partial charge in [-0.25, -0.2) is 0 Å².